The number of aromatic amines is 1. The Labute approximate surface area is 213 Å². The Kier molecular flexibility index (Phi) is 7.24. The predicted octanol–water partition coefficient (Wildman–Crippen LogP) is 3.44. The summed E-state index contributed by atoms with van der Waals surface area (Å²) in [4.78, 5) is 3.85. The normalized spacial score (nSPS) is 15.4. The molecule has 3 heterocycles. The van der Waals surface area contributed by atoms with Crippen LogP contribution in [0.3, 0.4) is 0 Å². The average Bonchev–Trinajstić information content (AvgIpc) is 3.49. The summed E-state index contributed by atoms with van der Waals surface area (Å²) in [6, 6.07) is 10.3. The first-order valence-electron chi connectivity index (χ1n) is 10.7. The van der Waals surface area contributed by atoms with Crippen LogP contribution in [0.25, 0.3) is 22.2 Å². The number of pyridine rings is 1. The summed E-state index contributed by atoms with van der Waals surface area (Å²) in [7, 11) is -2.84. The van der Waals surface area contributed by atoms with Crippen LogP contribution in [-0.2, 0) is 14.8 Å². The first-order chi connectivity index (χ1) is 16.8. The van der Waals surface area contributed by atoms with Gasteiger partial charge in [-0.05, 0) is 36.4 Å². The van der Waals surface area contributed by atoms with E-state index in [4.69, 9.17) is 19.9 Å². The smallest absolute Gasteiger partial charge is 0.265 e. The number of rotatable bonds is 7. The van der Waals surface area contributed by atoms with Gasteiger partial charge in [-0.15, -0.1) is 0 Å². The first kappa shape index (κ1) is 25.5. The van der Waals surface area contributed by atoms with Gasteiger partial charge in [-0.2, -0.15) is 18.6 Å². The van der Waals surface area contributed by atoms with Gasteiger partial charge in [0.1, 0.15) is 28.3 Å². The zero-order valence-electron chi connectivity index (χ0n) is 19.1. The molecule has 190 valence electrons. The van der Waals surface area contributed by atoms with Crippen molar-refractivity contribution in [2.75, 3.05) is 30.8 Å². The fourth-order valence-electron chi connectivity index (χ4n) is 3.82. The molecule has 1 aliphatic heterocycles. The van der Waals surface area contributed by atoms with Gasteiger partial charge in [0.15, 0.2) is 5.82 Å². The number of nitrogens with one attached hydrogen (secondary N) is 2. The molecule has 2 aromatic carbocycles. The SMILES string of the molecule is COc1ccc(F)c(S(=O)(=O)Nc2ccc(-c3cc(O[C@H]4CCOC4)c4c(N)n[nH]c4c3)nc2)c1.S. The third-order valence-corrected chi connectivity index (χ3v) is 6.97. The second kappa shape index (κ2) is 10.2. The van der Waals surface area contributed by atoms with Gasteiger partial charge in [-0.25, -0.2) is 12.8 Å². The lowest BCUT2D eigenvalue weighted by Gasteiger charge is -2.14. The van der Waals surface area contributed by atoms with Gasteiger partial charge in [0.25, 0.3) is 10.0 Å². The molecular formula is C23H24FN5O5S2. The zero-order valence-corrected chi connectivity index (χ0v) is 20.9. The van der Waals surface area contributed by atoms with Gasteiger partial charge in [-0.1, -0.05) is 0 Å². The van der Waals surface area contributed by atoms with Crippen molar-refractivity contribution in [3.05, 3.63) is 54.5 Å². The molecule has 1 saturated heterocycles. The summed E-state index contributed by atoms with van der Waals surface area (Å²) in [5.41, 5.74) is 8.14. The molecule has 0 aliphatic carbocycles. The van der Waals surface area contributed by atoms with Crippen molar-refractivity contribution >= 4 is 45.9 Å². The summed E-state index contributed by atoms with van der Waals surface area (Å²) < 4.78 is 58.5. The highest BCUT2D eigenvalue weighted by Crippen LogP contribution is 2.35. The molecule has 5 rings (SSSR count). The number of H-pyrrole nitrogens is 1. The van der Waals surface area contributed by atoms with Crippen LogP contribution in [0.4, 0.5) is 15.9 Å². The highest BCUT2D eigenvalue weighted by molar-refractivity contribution is 7.92. The average molecular weight is 534 g/mol. The molecule has 4 aromatic rings. The maximum absolute atomic E-state index is 14.2. The first-order valence-corrected chi connectivity index (χ1v) is 12.2. The van der Waals surface area contributed by atoms with E-state index in [2.05, 4.69) is 19.9 Å². The lowest BCUT2D eigenvalue weighted by Crippen LogP contribution is -2.16. The van der Waals surface area contributed by atoms with Gasteiger partial charge >= 0.3 is 0 Å². The number of nitrogens with two attached hydrogens (primary N) is 1. The number of anilines is 2. The Morgan fingerprint density at radius 1 is 1.22 bits per heavy atom. The number of hydrogen-bond acceptors (Lipinski definition) is 8. The molecule has 4 N–H and O–H groups in total. The van der Waals surface area contributed by atoms with E-state index in [9.17, 15) is 12.8 Å². The molecule has 36 heavy (non-hydrogen) atoms. The molecule has 1 aliphatic rings. The minimum Gasteiger partial charge on any atom is -0.497 e. The summed E-state index contributed by atoms with van der Waals surface area (Å²) in [5.74, 6) is 0.203. The standard InChI is InChI=1S/C23H22FN5O5S.H2S/c1-32-15-3-4-17(24)21(10-15)35(30,31)29-14-2-5-18(26-11-14)13-8-19-22(23(25)28-27-19)20(9-13)34-16-6-7-33-12-16;/h2-5,8-11,16,29H,6-7,12H2,1H3,(H3,25,27,28);1H2/t16-;/m0./s1. The number of aromatic nitrogens is 3. The van der Waals surface area contributed by atoms with Crippen molar-refractivity contribution in [2.45, 2.75) is 17.4 Å². The fourth-order valence-corrected chi connectivity index (χ4v) is 4.96. The molecule has 0 bridgehead atoms. The molecule has 0 spiro atoms. The van der Waals surface area contributed by atoms with Gasteiger partial charge in [-0.3, -0.25) is 14.8 Å². The lowest BCUT2D eigenvalue weighted by molar-refractivity contribution is 0.142. The maximum Gasteiger partial charge on any atom is 0.265 e. The van der Waals surface area contributed by atoms with E-state index in [-0.39, 0.29) is 31.0 Å². The summed E-state index contributed by atoms with van der Waals surface area (Å²) >= 11 is 0. The van der Waals surface area contributed by atoms with Crippen LogP contribution in [0, 0.1) is 5.82 Å². The third-order valence-electron chi connectivity index (χ3n) is 5.58. The number of nitrogens with zero attached hydrogens (tertiary/aromatic N) is 2. The van der Waals surface area contributed by atoms with Crippen LogP contribution in [0.1, 0.15) is 6.42 Å². The minimum absolute atomic E-state index is 0. The van der Waals surface area contributed by atoms with Crippen LogP contribution < -0.4 is 19.9 Å². The summed E-state index contributed by atoms with van der Waals surface area (Å²) in [6.07, 6.45) is 2.02. The molecule has 0 unspecified atom stereocenters. The second-order valence-electron chi connectivity index (χ2n) is 7.94. The Morgan fingerprint density at radius 2 is 2.06 bits per heavy atom. The second-order valence-corrected chi connectivity index (χ2v) is 9.59. The number of benzene rings is 2. The van der Waals surface area contributed by atoms with Crippen molar-refractivity contribution in [1.29, 1.82) is 0 Å². The van der Waals surface area contributed by atoms with E-state index in [0.717, 1.165) is 18.6 Å². The van der Waals surface area contributed by atoms with E-state index in [1.165, 1.54) is 25.4 Å². The Balaban J connectivity index is 0.00000304. The maximum atomic E-state index is 14.2. The number of ether oxygens (including phenoxy) is 3. The monoisotopic (exact) mass is 533 g/mol. The van der Waals surface area contributed by atoms with Crippen LogP contribution in [-0.4, -0.2) is 50.0 Å². The zero-order chi connectivity index (χ0) is 24.6. The Hall–Kier alpha value is -3.55. The molecule has 2 aromatic heterocycles. The number of hydrogen-bond donors (Lipinski definition) is 3. The van der Waals surface area contributed by atoms with Gasteiger partial charge < -0.3 is 19.9 Å². The number of methoxy groups -OCH3 is 1. The molecule has 0 saturated carbocycles. The van der Waals surface area contributed by atoms with Crippen molar-refractivity contribution in [3.8, 4) is 22.8 Å². The van der Waals surface area contributed by atoms with Gasteiger partial charge in [0.05, 0.1) is 48.8 Å². The Bertz CT molecular complexity index is 1490. The molecular weight excluding hydrogens is 509 g/mol. The van der Waals surface area contributed by atoms with E-state index in [0.29, 0.717) is 46.9 Å². The molecule has 0 radical (unpaired) electrons. The van der Waals surface area contributed by atoms with Crippen LogP contribution >= 0.6 is 13.5 Å². The highest BCUT2D eigenvalue weighted by atomic mass is 32.2. The topological polar surface area (TPSA) is 141 Å². The summed E-state index contributed by atoms with van der Waals surface area (Å²) in [6.45, 7) is 1.12. The Morgan fingerprint density at radius 3 is 2.75 bits per heavy atom. The largest absolute Gasteiger partial charge is 0.497 e. The van der Waals surface area contributed by atoms with Gasteiger partial charge in [0.2, 0.25) is 0 Å². The van der Waals surface area contributed by atoms with E-state index >= 15 is 0 Å². The van der Waals surface area contributed by atoms with Crippen LogP contribution in [0.5, 0.6) is 11.5 Å². The van der Waals surface area contributed by atoms with Crippen molar-refractivity contribution < 1.29 is 27.0 Å². The highest BCUT2D eigenvalue weighted by Gasteiger charge is 2.22. The van der Waals surface area contributed by atoms with E-state index in [1.807, 2.05) is 12.1 Å². The van der Waals surface area contributed by atoms with E-state index in [1.54, 1.807) is 6.07 Å². The molecule has 1 atom stereocenters. The minimum atomic E-state index is -4.20. The summed E-state index contributed by atoms with van der Waals surface area (Å²) in [5, 5.41) is 7.63. The van der Waals surface area contributed by atoms with Crippen LogP contribution in [0.15, 0.2) is 53.6 Å². The fraction of sp³-hybridized carbons (Fsp3) is 0.217. The molecule has 0 amide bonds. The number of fused-ring (bicyclic) bond motifs is 1. The number of nitrogen functional groups attached to an aromatic ring is 1. The number of halogens is 1. The van der Waals surface area contributed by atoms with Crippen LogP contribution in [0.2, 0.25) is 0 Å². The predicted molar refractivity (Wildman–Crippen MR) is 138 cm³/mol. The quantitative estimate of drug-likeness (QED) is 0.328. The molecule has 13 heteroatoms. The van der Waals surface area contributed by atoms with Crippen molar-refractivity contribution in [2.24, 2.45) is 0 Å². The van der Waals surface area contributed by atoms with Crippen molar-refractivity contribution in [1.82, 2.24) is 15.2 Å². The molecule has 1 fully saturated rings. The number of sulfonamides is 1. The molecule has 10 nitrogen and oxygen atoms in total. The lowest BCUT2D eigenvalue weighted by atomic mass is 10.1. The third kappa shape index (κ3) is 5.03. The van der Waals surface area contributed by atoms with Gasteiger partial charge in [0, 0.05) is 18.1 Å². The van der Waals surface area contributed by atoms with E-state index < -0.39 is 20.7 Å². The van der Waals surface area contributed by atoms with Crippen molar-refractivity contribution in [3.63, 3.8) is 0 Å².